The molecule has 2 aromatic rings. The zero-order valence-electron chi connectivity index (χ0n) is 31.5. The predicted octanol–water partition coefficient (Wildman–Crippen LogP) is 5.95. The van der Waals surface area contributed by atoms with Crippen molar-refractivity contribution < 1.29 is 33.5 Å². The molecule has 4 atom stereocenters. The number of carbonyl (C=O) groups excluding carboxylic acids is 4. The van der Waals surface area contributed by atoms with Crippen LogP contribution in [0.3, 0.4) is 0 Å². The van der Waals surface area contributed by atoms with Crippen LogP contribution in [-0.2, 0) is 25.7 Å². The van der Waals surface area contributed by atoms with Gasteiger partial charge in [0.25, 0.3) is 0 Å². The number of thioether (sulfide) groups is 1. The fraction of sp³-hybridized carbons (Fsp3) is 0.600. The molecule has 282 valence electrons. The largest absolute Gasteiger partial charge is 0.548 e. The number of nitrogens with one attached hydrogen (secondary N) is 2. The highest BCUT2D eigenvalue weighted by molar-refractivity contribution is 8.01. The Bertz CT molecular complexity index is 1350. The zero-order chi connectivity index (χ0) is 37.4. The smallest absolute Gasteiger partial charge is 0.408 e. The summed E-state index contributed by atoms with van der Waals surface area (Å²) in [6, 6.07) is 14.6. The number of amides is 3. The van der Waals surface area contributed by atoms with Crippen molar-refractivity contribution in [3.63, 3.8) is 0 Å². The van der Waals surface area contributed by atoms with E-state index < -0.39 is 52.1 Å². The highest BCUT2D eigenvalue weighted by atomic mass is 32.2. The lowest BCUT2D eigenvalue weighted by Gasteiger charge is -2.45. The van der Waals surface area contributed by atoms with Crippen molar-refractivity contribution in [3.8, 4) is 0 Å². The molecule has 0 saturated carbocycles. The Balaban J connectivity index is 0.000000351. The minimum absolute atomic E-state index is 0.0320. The topological polar surface area (TPSA) is 128 Å². The molecule has 0 radical (unpaired) electrons. The number of fused-ring (bicyclic) bond motifs is 1. The monoisotopic (exact) mass is 724 g/mol. The fourth-order valence-corrected chi connectivity index (χ4v) is 8.46. The molecule has 51 heavy (non-hydrogen) atoms. The summed E-state index contributed by atoms with van der Waals surface area (Å²) in [5.74, 6) is -2.43. The molecule has 2 aliphatic heterocycles. The van der Waals surface area contributed by atoms with Gasteiger partial charge >= 0.3 is 6.09 Å². The Labute approximate surface area is 309 Å². The molecule has 2 unspecified atom stereocenters. The Kier molecular flexibility index (Phi) is 16.8. The first-order chi connectivity index (χ1) is 24.4. The number of carboxylic acid groups (broad SMARTS) is 1. The molecule has 0 spiro atoms. The minimum Gasteiger partial charge on any atom is -0.548 e. The number of carboxylic acids is 1. The Morgan fingerprint density at radius 3 is 1.80 bits per heavy atom. The summed E-state index contributed by atoms with van der Waals surface area (Å²) >= 11 is 1.29. The Morgan fingerprint density at radius 2 is 1.33 bits per heavy atom. The number of nitrogens with zero attached hydrogens (tertiary/aromatic N) is 2. The lowest BCUT2D eigenvalue weighted by atomic mass is 9.95. The number of β-lactam (4-membered cyclic amide) rings is 1. The van der Waals surface area contributed by atoms with Gasteiger partial charge in [-0.3, -0.25) is 9.59 Å². The second-order valence-electron chi connectivity index (χ2n) is 14.3. The van der Waals surface area contributed by atoms with Gasteiger partial charge in [0.05, 0.1) is 38.2 Å². The van der Waals surface area contributed by atoms with E-state index in [9.17, 15) is 24.3 Å². The third-order valence-electron chi connectivity index (χ3n) is 9.78. The van der Waals surface area contributed by atoms with E-state index in [0.29, 0.717) is 5.56 Å². The van der Waals surface area contributed by atoms with Gasteiger partial charge in [0.1, 0.15) is 24.1 Å². The average Bonchev–Trinajstić information content (AvgIpc) is 3.39. The second kappa shape index (κ2) is 20.5. The van der Waals surface area contributed by atoms with Crippen LogP contribution in [0.1, 0.15) is 110 Å². The first-order valence-electron chi connectivity index (χ1n) is 18.8. The summed E-state index contributed by atoms with van der Waals surface area (Å²) in [7, 11) is 0. The van der Waals surface area contributed by atoms with E-state index in [1.165, 1.54) is 98.7 Å². The van der Waals surface area contributed by atoms with Crippen LogP contribution in [0.2, 0.25) is 0 Å². The molecule has 2 saturated heterocycles. The molecular weight excluding hydrogens is 665 g/mol. The molecule has 2 aromatic carbocycles. The number of quaternary nitrogens is 1. The summed E-state index contributed by atoms with van der Waals surface area (Å²) in [5, 5.41) is 16.3. The van der Waals surface area contributed by atoms with Crippen LogP contribution in [0, 0.1) is 0 Å². The van der Waals surface area contributed by atoms with Crippen molar-refractivity contribution in [1.82, 2.24) is 15.5 Å². The molecule has 0 aliphatic carbocycles. The third kappa shape index (κ3) is 11.7. The van der Waals surface area contributed by atoms with Gasteiger partial charge < -0.3 is 34.7 Å². The van der Waals surface area contributed by atoms with Gasteiger partial charge in [-0.15, -0.1) is 11.8 Å². The number of unbranched alkanes of at least 4 members (excludes halogenated alkanes) is 4. The van der Waals surface area contributed by atoms with Crippen molar-refractivity contribution in [2.75, 3.05) is 26.2 Å². The highest BCUT2D eigenvalue weighted by Crippen LogP contribution is 2.50. The maximum atomic E-state index is 13.2. The van der Waals surface area contributed by atoms with Crippen molar-refractivity contribution in [3.05, 3.63) is 71.8 Å². The van der Waals surface area contributed by atoms with Gasteiger partial charge in [0.15, 0.2) is 0 Å². The molecule has 11 heteroatoms. The molecule has 2 fully saturated rings. The first kappa shape index (κ1) is 41.8. The Hall–Kier alpha value is -3.57. The number of carbonyl (C=O) groups is 4. The van der Waals surface area contributed by atoms with Gasteiger partial charge in [-0.2, -0.15) is 0 Å². The van der Waals surface area contributed by atoms with Crippen LogP contribution >= 0.6 is 11.8 Å². The number of aliphatic carboxylic acids is 1. The van der Waals surface area contributed by atoms with Gasteiger partial charge in [-0.1, -0.05) is 114 Å². The molecular formula is C40H60N4O6S. The standard InChI is InChI=1S/C24H25N3O6S.C16H36N/c1-24(2)18(22(30)31)27-20(29)17(21(27)34-24)25-19(28)16(15-11-7-4-8-12-15)26-23(32)33-13-14-9-5-3-6-10-14;1-5-9-13-17(14-10-6-2,15-11-7-3)16-12-8-4/h3-12,16-18,21H,13H2,1-2H3,(H,25,28)(H,26,32)(H,30,31);5-16H2,1-4H3/q;+1/p-1/t16?,17?,18-,21+;/m0./s1. The van der Waals surface area contributed by atoms with Crippen LogP contribution in [0.15, 0.2) is 60.7 Å². The second-order valence-corrected chi connectivity index (χ2v) is 16.0. The summed E-state index contributed by atoms with van der Waals surface area (Å²) < 4.78 is 5.91. The van der Waals surface area contributed by atoms with E-state index in [1.807, 2.05) is 30.3 Å². The van der Waals surface area contributed by atoms with Gasteiger partial charge in [0, 0.05) is 4.75 Å². The minimum atomic E-state index is -1.33. The molecule has 4 rings (SSSR count). The third-order valence-corrected chi connectivity index (χ3v) is 11.3. The lowest BCUT2D eigenvalue weighted by Crippen LogP contribution is -2.72. The van der Waals surface area contributed by atoms with Crippen LogP contribution in [0.4, 0.5) is 4.79 Å². The van der Waals surface area contributed by atoms with Crippen molar-refractivity contribution in [1.29, 1.82) is 0 Å². The number of benzene rings is 2. The number of hydrogen-bond donors (Lipinski definition) is 2. The summed E-state index contributed by atoms with van der Waals surface area (Å²) in [6.07, 6.45) is 10.3. The fourth-order valence-electron chi connectivity index (χ4n) is 6.84. The van der Waals surface area contributed by atoms with E-state index >= 15 is 0 Å². The normalized spacial score (nSPS) is 19.5. The lowest BCUT2D eigenvalue weighted by molar-refractivity contribution is -0.929. The molecule has 2 heterocycles. The number of ether oxygens (including phenoxy) is 1. The summed E-state index contributed by atoms with van der Waals surface area (Å²) in [6.45, 7) is 18.5. The van der Waals surface area contributed by atoms with Gasteiger partial charge in [0.2, 0.25) is 11.8 Å². The van der Waals surface area contributed by atoms with Crippen molar-refractivity contribution in [2.24, 2.45) is 0 Å². The first-order valence-corrected chi connectivity index (χ1v) is 19.7. The van der Waals surface area contributed by atoms with Gasteiger partial charge in [-0.25, -0.2) is 4.79 Å². The maximum absolute atomic E-state index is 13.2. The quantitative estimate of drug-likeness (QED) is 0.135. The van der Waals surface area contributed by atoms with E-state index in [4.69, 9.17) is 4.74 Å². The SMILES string of the molecule is CC1(C)S[C@@H]2C(NC(=O)C(NC(=O)OCc3ccccc3)c3ccccc3)C(=O)N2[C@H]1C(=O)[O-].CCCC[N+](CCCC)(CCCC)CCCC. The van der Waals surface area contributed by atoms with Crippen LogP contribution in [0.5, 0.6) is 0 Å². The number of hydrogen-bond acceptors (Lipinski definition) is 7. The van der Waals surface area contributed by atoms with Gasteiger partial charge in [-0.05, 0) is 50.7 Å². The van der Waals surface area contributed by atoms with Crippen molar-refractivity contribution >= 4 is 35.6 Å². The highest BCUT2D eigenvalue weighted by Gasteiger charge is 2.62. The van der Waals surface area contributed by atoms with Crippen molar-refractivity contribution in [2.45, 2.75) is 128 Å². The van der Waals surface area contributed by atoms with E-state index in [2.05, 4.69) is 38.3 Å². The van der Waals surface area contributed by atoms with E-state index in [1.54, 1.807) is 44.2 Å². The summed E-state index contributed by atoms with van der Waals surface area (Å²) in [4.78, 5) is 51.2. The maximum Gasteiger partial charge on any atom is 0.408 e. The Morgan fingerprint density at radius 1 is 0.843 bits per heavy atom. The van der Waals surface area contributed by atoms with Crippen LogP contribution in [0.25, 0.3) is 0 Å². The average molecular weight is 725 g/mol. The molecule has 3 amide bonds. The molecule has 2 aliphatic rings. The number of alkyl carbamates (subject to hydrolysis) is 1. The number of rotatable bonds is 19. The predicted molar refractivity (Wildman–Crippen MR) is 201 cm³/mol. The molecule has 10 nitrogen and oxygen atoms in total. The van der Waals surface area contributed by atoms with Crippen LogP contribution in [-0.4, -0.2) is 81.6 Å². The summed E-state index contributed by atoms with van der Waals surface area (Å²) in [5.41, 5.74) is 1.30. The van der Waals surface area contributed by atoms with Crippen LogP contribution < -0.4 is 15.7 Å². The zero-order valence-corrected chi connectivity index (χ0v) is 32.3. The molecule has 0 aromatic heterocycles. The van der Waals surface area contributed by atoms with E-state index in [-0.39, 0.29) is 6.61 Å². The molecule has 0 bridgehead atoms. The van der Waals surface area contributed by atoms with E-state index in [0.717, 1.165) is 5.56 Å². The molecule has 2 N–H and O–H groups in total.